The normalized spacial score (nSPS) is 14.4. The molecule has 0 aliphatic carbocycles. The highest BCUT2D eigenvalue weighted by atomic mass is 16.2. The second kappa shape index (κ2) is 11.5. The molecule has 200 valence electrons. The minimum absolute atomic E-state index is 0.0421. The molecule has 0 bridgehead atoms. The van der Waals surface area contributed by atoms with Gasteiger partial charge in [0.1, 0.15) is 6.54 Å². The summed E-state index contributed by atoms with van der Waals surface area (Å²) in [7, 11) is 0. The lowest BCUT2D eigenvalue weighted by Crippen LogP contribution is -2.34. The number of rotatable bonds is 10. The number of aromatic nitrogens is 5. The lowest BCUT2D eigenvalue weighted by Gasteiger charge is -2.18. The summed E-state index contributed by atoms with van der Waals surface area (Å²) in [5, 5.41) is 12.2. The largest absolute Gasteiger partial charge is 0.354 e. The third-order valence-electron chi connectivity index (χ3n) is 6.98. The SMILES string of the molecule is CC(C)(C)CNC(=O)Cn1cc(-c2cccc3nc(Cc4ccc(CCCN5CCCC5)cc4)nn23)cn1. The van der Waals surface area contributed by atoms with Gasteiger partial charge in [-0.15, -0.1) is 0 Å². The van der Waals surface area contributed by atoms with Crippen LogP contribution in [0.3, 0.4) is 0 Å². The zero-order valence-corrected chi connectivity index (χ0v) is 22.9. The number of carbonyl (C=O) groups excluding carboxylic acids is 1. The summed E-state index contributed by atoms with van der Waals surface area (Å²) in [6.45, 7) is 10.8. The van der Waals surface area contributed by atoms with Crippen LogP contribution in [0.5, 0.6) is 0 Å². The summed E-state index contributed by atoms with van der Waals surface area (Å²) >= 11 is 0. The van der Waals surface area contributed by atoms with Crippen LogP contribution >= 0.6 is 0 Å². The maximum Gasteiger partial charge on any atom is 0.241 e. The van der Waals surface area contributed by atoms with Crippen LogP contribution in [0.15, 0.2) is 54.9 Å². The molecule has 3 aromatic heterocycles. The molecule has 1 aliphatic rings. The van der Waals surface area contributed by atoms with Gasteiger partial charge in [0.05, 0.1) is 11.9 Å². The van der Waals surface area contributed by atoms with Gasteiger partial charge in [-0.1, -0.05) is 51.1 Å². The number of benzene rings is 1. The fraction of sp³-hybridized carbons (Fsp3) is 0.467. The van der Waals surface area contributed by atoms with Crippen molar-refractivity contribution < 1.29 is 4.79 Å². The fourth-order valence-corrected chi connectivity index (χ4v) is 4.91. The fourth-order valence-electron chi connectivity index (χ4n) is 4.91. The molecule has 0 atom stereocenters. The van der Waals surface area contributed by atoms with Crippen molar-refractivity contribution in [2.24, 2.45) is 5.41 Å². The molecular formula is C30H39N7O. The van der Waals surface area contributed by atoms with Crippen molar-refractivity contribution in [1.82, 2.24) is 34.6 Å². The highest BCUT2D eigenvalue weighted by Gasteiger charge is 2.15. The van der Waals surface area contributed by atoms with Gasteiger partial charge < -0.3 is 10.2 Å². The highest BCUT2D eigenvalue weighted by Crippen LogP contribution is 2.20. The molecule has 1 aliphatic heterocycles. The van der Waals surface area contributed by atoms with Gasteiger partial charge in [-0.05, 0) is 74.0 Å². The average molecular weight is 514 g/mol. The van der Waals surface area contributed by atoms with E-state index in [1.165, 1.54) is 50.0 Å². The average Bonchev–Trinajstić information content (AvgIpc) is 3.64. The van der Waals surface area contributed by atoms with E-state index in [9.17, 15) is 4.79 Å². The van der Waals surface area contributed by atoms with Crippen molar-refractivity contribution in [3.63, 3.8) is 0 Å². The Morgan fingerprint density at radius 3 is 2.55 bits per heavy atom. The predicted molar refractivity (Wildman–Crippen MR) is 150 cm³/mol. The molecule has 38 heavy (non-hydrogen) atoms. The molecule has 1 aromatic carbocycles. The Labute approximate surface area is 225 Å². The Hall–Kier alpha value is -3.52. The lowest BCUT2D eigenvalue weighted by molar-refractivity contribution is -0.122. The molecule has 8 nitrogen and oxygen atoms in total. The van der Waals surface area contributed by atoms with Crippen LogP contribution in [0.4, 0.5) is 0 Å². The molecule has 5 rings (SSSR count). The molecule has 0 saturated carbocycles. The number of fused-ring (bicyclic) bond motifs is 1. The molecule has 1 N–H and O–H groups in total. The van der Waals surface area contributed by atoms with E-state index in [0.29, 0.717) is 13.0 Å². The number of aryl methyl sites for hydroxylation is 1. The minimum atomic E-state index is -0.0477. The highest BCUT2D eigenvalue weighted by molar-refractivity contribution is 5.75. The first kappa shape index (κ1) is 26.1. The molecular weight excluding hydrogens is 474 g/mol. The third kappa shape index (κ3) is 6.86. The summed E-state index contributed by atoms with van der Waals surface area (Å²) in [6, 6.07) is 14.8. The topological polar surface area (TPSA) is 80.4 Å². The summed E-state index contributed by atoms with van der Waals surface area (Å²) < 4.78 is 3.53. The smallest absolute Gasteiger partial charge is 0.241 e. The number of likely N-dealkylation sites (tertiary alicyclic amines) is 1. The van der Waals surface area contributed by atoms with Crippen molar-refractivity contribution in [3.8, 4) is 11.3 Å². The van der Waals surface area contributed by atoms with Crippen LogP contribution in [0.1, 0.15) is 57.0 Å². The van der Waals surface area contributed by atoms with Gasteiger partial charge >= 0.3 is 0 Å². The molecule has 0 radical (unpaired) electrons. The summed E-state index contributed by atoms with van der Waals surface area (Å²) in [6.07, 6.45) is 9.39. The Morgan fingerprint density at radius 1 is 1.03 bits per heavy atom. The van der Waals surface area contributed by atoms with E-state index in [0.717, 1.165) is 29.1 Å². The molecule has 4 heterocycles. The van der Waals surface area contributed by atoms with Crippen molar-refractivity contribution in [3.05, 3.63) is 71.8 Å². The molecule has 1 saturated heterocycles. The van der Waals surface area contributed by atoms with Gasteiger partial charge in [0, 0.05) is 24.7 Å². The second-order valence-electron chi connectivity index (χ2n) is 11.6. The first-order valence-corrected chi connectivity index (χ1v) is 13.8. The van der Waals surface area contributed by atoms with Crippen LogP contribution in [-0.4, -0.2) is 61.4 Å². The van der Waals surface area contributed by atoms with E-state index in [1.807, 2.05) is 28.9 Å². The monoisotopic (exact) mass is 513 g/mol. The van der Waals surface area contributed by atoms with E-state index in [-0.39, 0.29) is 17.9 Å². The molecule has 0 spiro atoms. The van der Waals surface area contributed by atoms with E-state index in [2.05, 4.69) is 60.4 Å². The van der Waals surface area contributed by atoms with Crippen molar-refractivity contribution in [2.75, 3.05) is 26.2 Å². The van der Waals surface area contributed by atoms with Crippen LogP contribution in [-0.2, 0) is 24.2 Å². The lowest BCUT2D eigenvalue weighted by atomic mass is 9.97. The molecule has 1 fully saturated rings. The van der Waals surface area contributed by atoms with E-state index in [1.54, 1.807) is 10.9 Å². The van der Waals surface area contributed by atoms with Crippen molar-refractivity contribution >= 4 is 11.6 Å². The summed E-state index contributed by atoms with van der Waals surface area (Å²) in [5.74, 6) is 0.738. The van der Waals surface area contributed by atoms with E-state index in [4.69, 9.17) is 10.1 Å². The van der Waals surface area contributed by atoms with Crippen LogP contribution in [0.25, 0.3) is 16.9 Å². The van der Waals surface area contributed by atoms with Crippen LogP contribution in [0.2, 0.25) is 0 Å². The quantitative estimate of drug-likeness (QED) is 0.341. The van der Waals surface area contributed by atoms with Gasteiger partial charge in [0.15, 0.2) is 11.5 Å². The standard InChI is InChI=1S/C30H39N7O/c1-30(2,3)22-31-29(38)21-36-20-25(19-32-36)26-9-6-10-28-33-27(34-37(26)28)18-24-13-11-23(12-14-24)8-7-17-35-15-4-5-16-35/h6,9-14,19-20H,4-5,7-8,15-18,21-22H2,1-3H3,(H,31,38). The molecule has 1 amide bonds. The van der Waals surface area contributed by atoms with Crippen molar-refractivity contribution in [1.29, 1.82) is 0 Å². The maximum absolute atomic E-state index is 12.3. The Balaban J connectivity index is 1.21. The Bertz CT molecular complexity index is 1360. The maximum atomic E-state index is 12.3. The Morgan fingerprint density at radius 2 is 1.79 bits per heavy atom. The van der Waals surface area contributed by atoms with Crippen LogP contribution in [0, 0.1) is 5.41 Å². The molecule has 0 unspecified atom stereocenters. The second-order valence-corrected chi connectivity index (χ2v) is 11.6. The summed E-state index contributed by atoms with van der Waals surface area (Å²) in [5.41, 5.74) is 5.24. The number of pyridine rings is 1. The van der Waals surface area contributed by atoms with E-state index >= 15 is 0 Å². The van der Waals surface area contributed by atoms with Gasteiger partial charge in [-0.3, -0.25) is 9.48 Å². The number of nitrogens with zero attached hydrogens (tertiary/aromatic N) is 6. The van der Waals surface area contributed by atoms with Gasteiger partial charge in [-0.2, -0.15) is 10.2 Å². The van der Waals surface area contributed by atoms with Gasteiger partial charge in [-0.25, -0.2) is 9.50 Å². The number of carbonyl (C=O) groups is 1. The van der Waals surface area contributed by atoms with Crippen molar-refractivity contribution in [2.45, 2.75) is 59.4 Å². The molecule has 4 aromatic rings. The predicted octanol–water partition coefficient (Wildman–Crippen LogP) is 4.37. The summed E-state index contributed by atoms with van der Waals surface area (Å²) in [4.78, 5) is 19.7. The number of hydrogen-bond donors (Lipinski definition) is 1. The first-order chi connectivity index (χ1) is 18.3. The Kier molecular flexibility index (Phi) is 7.88. The van der Waals surface area contributed by atoms with Gasteiger partial charge in [0.25, 0.3) is 0 Å². The first-order valence-electron chi connectivity index (χ1n) is 13.8. The number of amides is 1. The number of nitrogens with one attached hydrogen (secondary N) is 1. The number of hydrogen-bond acceptors (Lipinski definition) is 5. The van der Waals surface area contributed by atoms with Crippen LogP contribution < -0.4 is 5.32 Å². The minimum Gasteiger partial charge on any atom is -0.354 e. The zero-order valence-electron chi connectivity index (χ0n) is 22.9. The zero-order chi connectivity index (χ0) is 26.5. The van der Waals surface area contributed by atoms with Gasteiger partial charge in [0.2, 0.25) is 5.91 Å². The van der Waals surface area contributed by atoms with E-state index < -0.39 is 0 Å². The molecule has 8 heteroatoms. The third-order valence-corrected chi connectivity index (χ3v) is 6.98.